The number of hydrogen-bond donors (Lipinski definition) is 2. The zero-order valence-electron chi connectivity index (χ0n) is 20.5. The number of nitrogens with zero attached hydrogens (tertiary/aromatic N) is 1. The molecule has 190 valence electrons. The number of ketones is 1. The molecule has 10 heteroatoms. The fourth-order valence-electron chi connectivity index (χ4n) is 4.36. The number of anilines is 1. The molecule has 0 spiro atoms. The van der Waals surface area contributed by atoms with Crippen molar-refractivity contribution in [1.82, 2.24) is 4.98 Å². The number of nitrogens with one attached hydrogen (secondary N) is 1. The molecule has 2 aromatic carbocycles. The van der Waals surface area contributed by atoms with E-state index < -0.39 is 14.0 Å². The number of amides is 1. The predicted molar refractivity (Wildman–Crippen MR) is 142 cm³/mol. The average Bonchev–Trinajstić information content (AvgIpc) is 3.39. The van der Waals surface area contributed by atoms with Crippen LogP contribution in [-0.4, -0.2) is 47.7 Å². The number of Topliss-reactive ketones (excluding diaryl/α,β-unsaturated/α-hetero) is 1. The minimum Gasteiger partial charge on any atom is -0.448 e. The van der Waals surface area contributed by atoms with Gasteiger partial charge in [0.2, 0.25) is 0 Å². The van der Waals surface area contributed by atoms with Crippen LogP contribution < -0.4 is 5.32 Å². The number of fused-ring (bicyclic) bond motifs is 3. The summed E-state index contributed by atoms with van der Waals surface area (Å²) in [5.41, 5.74) is 5.08. The Morgan fingerprint density at radius 2 is 1.61 bits per heavy atom. The van der Waals surface area contributed by atoms with Gasteiger partial charge in [-0.3, -0.25) is 10.1 Å². The van der Waals surface area contributed by atoms with Gasteiger partial charge in [-0.15, -0.1) is 0 Å². The summed E-state index contributed by atoms with van der Waals surface area (Å²) < 4.78 is 16.3. The van der Waals surface area contributed by atoms with E-state index in [1.807, 2.05) is 24.3 Å². The summed E-state index contributed by atoms with van der Waals surface area (Å²) in [5, 5.41) is 2.93. The van der Waals surface area contributed by atoms with E-state index in [-0.39, 0.29) is 36.0 Å². The molecule has 0 fully saturated rings. The molecule has 1 heterocycles. The molecule has 0 saturated heterocycles. The van der Waals surface area contributed by atoms with Gasteiger partial charge in [0.1, 0.15) is 12.8 Å². The minimum atomic E-state index is -3.07. The average molecular weight is 530 g/mol. The first-order valence-electron chi connectivity index (χ1n) is 11.9. The van der Waals surface area contributed by atoms with Crippen molar-refractivity contribution in [2.45, 2.75) is 33.1 Å². The molecule has 0 atom stereocenters. The van der Waals surface area contributed by atoms with Crippen LogP contribution >= 0.6 is 19.3 Å². The van der Waals surface area contributed by atoms with Gasteiger partial charge >= 0.3 is 14.0 Å². The minimum absolute atomic E-state index is 0.0453. The summed E-state index contributed by atoms with van der Waals surface area (Å²) in [6, 6.07) is 16.3. The second kappa shape index (κ2) is 11.6. The van der Waals surface area contributed by atoms with Gasteiger partial charge in [-0.2, -0.15) is 13.9 Å². The van der Waals surface area contributed by atoms with Crippen LogP contribution in [0.3, 0.4) is 0 Å². The van der Waals surface area contributed by atoms with Crippen LogP contribution in [0.4, 0.5) is 9.93 Å². The summed E-state index contributed by atoms with van der Waals surface area (Å²) in [5.74, 6) is -0.237. The van der Waals surface area contributed by atoms with Crippen molar-refractivity contribution < 1.29 is 28.3 Å². The lowest BCUT2D eigenvalue weighted by Gasteiger charge is -2.15. The van der Waals surface area contributed by atoms with Gasteiger partial charge in [0, 0.05) is 5.92 Å². The van der Waals surface area contributed by atoms with Crippen LogP contribution in [0.25, 0.3) is 11.1 Å². The Balaban J connectivity index is 1.36. The van der Waals surface area contributed by atoms with E-state index in [0.717, 1.165) is 33.6 Å². The number of benzene rings is 2. The third kappa shape index (κ3) is 5.82. The van der Waals surface area contributed by atoms with Crippen LogP contribution in [0.2, 0.25) is 0 Å². The Labute approximate surface area is 215 Å². The molecule has 8 nitrogen and oxygen atoms in total. The monoisotopic (exact) mass is 529 g/mol. The van der Waals surface area contributed by atoms with Crippen molar-refractivity contribution in [3.8, 4) is 11.1 Å². The Hall–Kier alpha value is -2.68. The standard InChI is InChI=1S/C26H29N2O6PS/c1-4-33-35(31,34-5-2)15-14-23(29)24-17(3)27-25(36-24)28-26(30)32-16-22-20-12-8-6-10-18(20)19-11-7-9-13-21(19)22/h6-13,22,31H,4-5,14-16H2,1-3H3/p+1. The van der Waals surface area contributed by atoms with Gasteiger partial charge in [-0.1, -0.05) is 59.9 Å². The maximum atomic E-state index is 12.8. The number of ether oxygens (including phenoxy) is 1. The first-order chi connectivity index (χ1) is 17.3. The highest BCUT2D eigenvalue weighted by Crippen LogP contribution is 2.57. The molecular weight excluding hydrogens is 499 g/mol. The third-order valence-electron chi connectivity index (χ3n) is 5.89. The van der Waals surface area contributed by atoms with Gasteiger partial charge in [-0.25, -0.2) is 9.78 Å². The quantitative estimate of drug-likeness (QED) is 0.225. The van der Waals surface area contributed by atoms with Crippen molar-refractivity contribution in [2.24, 2.45) is 0 Å². The van der Waals surface area contributed by atoms with Gasteiger partial charge < -0.3 is 4.74 Å². The van der Waals surface area contributed by atoms with Crippen LogP contribution in [0.5, 0.6) is 0 Å². The van der Waals surface area contributed by atoms with Crippen LogP contribution in [0, 0.1) is 6.92 Å². The number of carbonyl (C=O) groups is 2. The highest BCUT2D eigenvalue weighted by atomic mass is 32.1. The van der Waals surface area contributed by atoms with Crippen molar-refractivity contribution in [1.29, 1.82) is 0 Å². The van der Waals surface area contributed by atoms with Crippen molar-refractivity contribution in [2.75, 3.05) is 31.3 Å². The molecule has 0 unspecified atom stereocenters. The van der Waals surface area contributed by atoms with Crippen LogP contribution in [0.1, 0.15) is 52.7 Å². The lowest BCUT2D eigenvalue weighted by Crippen LogP contribution is -2.17. The summed E-state index contributed by atoms with van der Waals surface area (Å²) in [6.07, 6.45) is -0.477. The number of thiazole rings is 1. The lowest BCUT2D eigenvalue weighted by molar-refractivity contribution is 0.0985. The van der Waals surface area contributed by atoms with E-state index in [9.17, 15) is 14.5 Å². The molecule has 1 aliphatic carbocycles. The van der Waals surface area contributed by atoms with E-state index in [1.54, 1.807) is 20.8 Å². The van der Waals surface area contributed by atoms with E-state index in [0.29, 0.717) is 23.8 Å². The number of hydrogen-bond acceptors (Lipinski definition) is 8. The smallest absolute Gasteiger partial charge is 0.413 e. The summed E-state index contributed by atoms with van der Waals surface area (Å²) in [7, 11) is -3.07. The van der Waals surface area contributed by atoms with Gasteiger partial charge in [0.15, 0.2) is 10.9 Å². The summed E-state index contributed by atoms with van der Waals surface area (Å²) in [6.45, 7) is 6.02. The molecule has 1 aromatic heterocycles. The van der Waals surface area contributed by atoms with E-state index >= 15 is 0 Å². The topological polar surface area (TPSA) is 107 Å². The normalized spacial score (nSPS) is 12.8. The molecule has 1 aliphatic rings. The maximum Gasteiger partial charge on any atom is 0.413 e. The Morgan fingerprint density at radius 1 is 1.03 bits per heavy atom. The molecule has 36 heavy (non-hydrogen) atoms. The molecular formula is C26H30N2O6PS+. The molecule has 3 aromatic rings. The lowest BCUT2D eigenvalue weighted by atomic mass is 9.98. The molecule has 2 N–H and O–H groups in total. The van der Waals surface area contributed by atoms with E-state index in [1.165, 1.54) is 0 Å². The number of carbonyl (C=O) groups excluding carboxylic acids is 2. The predicted octanol–water partition coefficient (Wildman–Crippen LogP) is 6.21. The number of aromatic nitrogens is 1. The highest BCUT2D eigenvalue weighted by Gasteiger charge is 2.40. The molecule has 1 amide bonds. The van der Waals surface area contributed by atoms with Gasteiger partial charge in [0.25, 0.3) is 0 Å². The maximum absolute atomic E-state index is 12.8. The Bertz CT molecular complexity index is 1200. The summed E-state index contributed by atoms with van der Waals surface area (Å²) >= 11 is 1.08. The first kappa shape index (κ1) is 26.4. The largest absolute Gasteiger partial charge is 0.448 e. The van der Waals surface area contributed by atoms with E-state index in [2.05, 4.69) is 34.6 Å². The second-order valence-corrected chi connectivity index (χ2v) is 11.5. The Morgan fingerprint density at radius 3 is 2.19 bits per heavy atom. The number of aryl methyl sites for hydroxylation is 1. The fraction of sp³-hybridized carbons (Fsp3) is 0.346. The van der Waals surface area contributed by atoms with Crippen LogP contribution in [0.15, 0.2) is 48.5 Å². The highest BCUT2D eigenvalue weighted by molar-refractivity contribution is 7.60. The molecule has 0 bridgehead atoms. The van der Waals surface area contributed by atoms with Crippen molar-refractivity contribution in [3.05, 3.63) is 70.2 Å². The first-order valence-corrected chi connectivity index (χ1v) is 14.5. The third-order valence-corrected chi connectivity index (χ3v) is 9.11. The molecule has 0 saturated carbocycles. The van der Waals surface area contributed by atoms with E-state index in [4.69, 9.17) is 13.8 Å². The fourth-order valence-corrected chi connectivity index (χ4v) is 6.90. The molecule has 4 rings (SSSR count). The molecule has 0 aliphatic heterocycles. The zero-order chi connectivity index (χ0) is 25.7. The number of rotatable bonds is 11. The molecule has 0 radical (unpaired) electrons. The van der Waals surface area contributed by atoms with Crippen molar-refractivity contribution in [3.63, 3.8) is 0 Å². The SMILES string of the molecule is CCO[P+](O)(CCC(=O)c1sc(NC(=O)OCC2c3ccccc3-c3ccccc32)nc1C)OCC. The Kier molecular flexibility index (Phi) is 8.49. The van der Waals surface area contributed by atoms with Crippen LogP contribution in [-0.2, 0) is 13.8 Å². The second-order valence-electron chi connectivity index (χ2n) is 8.25. The zero-order valence-corrected chi connectivity index (χ0v) is 22.2. The summed E-state index contributed by atoms with van der Waals surface area (Å²) in [4.78, 5) is 40.6. The van der Waals surface area contributed by atoms with Gasteiger partial charge in [-0.05, 0) is 43.0 Å². The van der Waals surface area contributed by atoms with Crippen molar-refractivity contribution >= 4 is 36.3 Å². The van der Waals surface area contributed by atoms with Gasteiger partial charge in [0.05, 0.1) is 30.2 Å².